The summed E-state index contributed by atoms with van der Waals surface area (Å²) < 4.78 is 7.05. The van der Waals surface area contributed by atoms with Gasteiger partial charge in [-0.25, -0.2) is 0 Å². The van der Waals surface area contributed by atoms with Crippen LogP contribution in [0.15, 0.2) is 42.6 Å². The van der Waals surface area contributed by atoms with E-state index in [1.165, 1.54) is 4.90 Å². The molecule has 0 aliphatic carbocycles. The molecule has 1 aromatic carbocycles. The zero-order valence-electron chi connectivity index (χ0n) is 12.5. The van der Waals surface area contributed by atoms with Gasteiger partial charge in [-0.1, -0.05) is 12.1 Å². The van der Waals surface area contributed by atoms with Crippen LogP contribution >= 0.6 is 0 Å². The zero-order valence-corrected chi connectivity index (χ0v) is 12.5. The second-order valence-electron chi connectivity index (χ2n) is 4.98. The lowest BCUT2D eigenvalue weighted by atomic mass is 10.1. The summed E-state index contributed by atoms with van der Waals surface area (Å²) in [6, 6.07) is 10.8. The fourth-order valence-electron chi connectivity index (χ4n) is 2.14. The van der Waals surface area contributed by atoms with Crippen molar-refractivity contribution in [3.8, 4) is 5.75 Å². The molecule has 2 rings (SSSR count). The summed E-state index contributed by atoms with van der Waals surface area (Å²) in [4.78, 5) is 13.8. The summed E-state index contributed by atoms with van der Waals surface area (Å²) in [6.07, 6.45) is 0.733. The third kappa shape index (κ3) is 3.44. The molecule has 0 bridgehead atoms. The molecular weight excluding hydrogens is 268 g/mol. The number of rotatable bonds is 5. The molecule has 0 aliphatic heterocycles. The summed E-state index contributed by atoms with van der Waals surface area (Å²) in [5, 5.41) is 10.2. The van der Waals surface area contributed by atoms with E-state index < -0.39 is 6.10 Å². The number of hydrogen-bond acceptors (Lipinski definition) is 3. The van der Waals surface area contributed by atoms with Gasteiger partial charge in [-0.3, -0.25) is 4.79 Å². The van der Waals surface area contributed by atoms with E-state index in [4.69, 9.17) is 4.74 Å². The first-order valence-corrected chi connectivity index (χ1v) is 6.70. The van der Waals surface area contributed by atoms with E-state index in [0.29, 0.717) is 17.9 Å². The van der Waals surface area contributed by atoms with Gasteiger partial charge in [-0.15, -0.1) is 0 Å². The SMILES string of the molecule is COc1cccc(C(O)C(=O)N(C)Cc2cccn2C)c1. The van der Waals surface area contributed by atoms with E-state index in [-0.39, 0.29) is 5.91 Å². The first-order valence-electron chi connectivity index (χ1n) is 6.70. The van der Waals surface area contributed by atoms with Gasteiger partial charge < -0.3 is 19.3 Å². The number of aliphatic hydroxyl groups excluding tert-OH is 1. The average Bonchev–Trinajstić information content (AvgIpc) is 2.90. The predicted octanol–water partition coefficient (Wildman–Crippen LogP) is 1.73. The van der Waals surface area contributed by atoms with Crippen LogP contribution in [0.25, 0.3) is 0 Å². The largest absolute Gasteiger partial charge is 0.497 e. The highest BCUT2D eigenvalue weighted by molar-refractivity contribution is 5.81. The maximum Gasteiger partial charge on any atom is 0.256 e. The highest BCUT2D eigenvalue weighted by Gasteiger charge is 2.22. The molecule has 21 heavy (non-hydrogen) atoms. The predicted molar refractivity (Wildman–Crippen MR) is 79.8 cm³/mol. The number of aryl methyl sites for hydroxylation is 1. The molecule has 2 aromatic rings. The highest BCUT2D eigenvalue weighted by atomic mass is 16.5. The first kappa shape index (κ1) is 15.1. The fourth-order valence-corrected chi connectivity index (χ4v) is 2.14. The normalized spacial score (nSPS) is 12.0. The van der Waals surface area contributed by atoms with Crippen molar-refractivity contribution in [1.29, 1.82) is 0 Å². The van der Waals surface area contributed by atoms with Crippen molar-refractivity contribution in [1.82, 2.24) is 9.47 Å². The van der Waals surface area contributed by atoms with Gasteiger partial charge in [-0.05, 0) is 29.8 Å². The molecular formula is C16H20N2O3. The minimum Gasteiger partial charge on any atom is -0.497 e. The lowest BCUT2D eigenvalue weighted by molar-refractivity contribution is -0.139. The summed E-state index contributed by atoms with van der Waals surface area (Å²) >= 11 is 0. The number of aromatic nitrogens is 1. The van der Waals surface area contributed by atoms with Crippen LogP contribution in [-0.2, 0) is 18.4 Å². The molecule has 5 nitrogen and oxygen atoms in total. The Balaban J connectivity index is 2.09. The molecule has 112 valence electrons. The van der Waals surface area contributed by atoms with Crippen LogP contribution < -0.4 is 4.74 Å². The summed E-state index contributed by atoms with van der Waals surface area (Å²) in [7, 11) is 5.15. The Hall–Kier alpha value is -2.27. The Kier molecular flexibility index (Phi) is 4.65. The van der Waals surface area contributed by atoms with Crippen LogP contribution in [0.4, 0.5) is 0 Å². The number of ether oxygens (including phenoxy) is 1. The Morgan fingerprint density at radius 2 is 2.14 bits per heavy atom. The number of amides is 1. The summed E-state index contributed by atoms with van der Waals surface area (Å²) in [5.41, 5.74) is 1.53. The van der Waals surface area contributed by atoms with Gasteiger partial charge >= 0.3 is 0 Å². The number of benzene rings is 1. The van der Waals surface area contributed by atoms with E-state index in [1.807, 2.05) is 29.9 Å². The minimum atomic E-state index is -1.19. The lowest BCUT2D eigenvalue weighted by Gasteiger charge is -2.21. The van der Waals surface area contributed by atoms with Crippen LogP contribution in [0.5, 0.6) is 5.75 Å². The smallest absolute Gasteiger partial charge is 0.256 e. The van der Waals surface area contributed by atoms with Crippen molar-refractivity contribution >= 4 is 5.91 Å². The molecule has 0 spiro atoms. The van der Waals surface area contributed by atoms with Crippen molar-refractivity contribution in [3.05, 3.63) is 53.9 Å². The molecule has 5 heteroatoms. The number of carbonyl (C=O) groups excluding carboxylic acids is 1. The van der Waals surface area contributed by atoms with E-state index >= 15 is 0 Å². The zero-order chi connectivity index (χ0) is 15.4. The Morgan fingerprint density at radius 1 is 1.38 bits per heavy atom. The van der Waals surface area contributed by atoms with Crippen molar-refractivity contribution in [2.45, 2.75) is 12.6 Å². The molecule has 0 fully saturated rings. The molecule has 1 heterocycles. The lowest BCUT2D eigenvalue weighted by Crippen LogP contribution is -2.31. The number of carbonyl (C=O) groups is 1. The number of hydrogen-bond donors (Lipinski definition) is 1. The van der Waals surface area contributed by atoms with Crippen molar-refractivity contribution in [2.75, 3.05) is 14.2 Å². The standard InChI is InChI=1S/C16H20N2O3/c1-17-9-5-7-13(17)11-18(2)16(20)15(19)12-6-4-8-14(10-12)21-3/h4-10,15,19H,11H2,1-3H3. The maximum atomic E-state index is 12.3. The Morgan fingerprint density at radius 3 is 2.76 bits per heavy atom. The molecule has 1 N–H and O–H groups in total. The van der Waals surface area contributed by atoms with Gasteiger partial charge in [0.1, 0.15) is 5.75 Å². The van der Waals surface area contributed by atoms with Gasteiger partial charge in [0, 0.05) is 26.0 Å². The van der Waals surface area contributed by atoms with Crippen LogP contribution in [0.2, 0.25) is 0 Å². The monoisotopic (exact) mass is 288 g/mol. The Bertz CT molecular complexity index is 621. The first-order chi connectivity index (χ1) is 10.0. The third-order valence-corrected chi connectivity index (χ3v) is 3.47. The summed E-state index contributed by atoms with van der Waals surface area (Å²) in [5.74, 6) is 0.272. The molecule has 1 unspecified atom stereocenters. The van der Waals surface area contributed by atoms with Crippen molar-refractivity contribution in [3.63, 3.8) is 0 Å². The minimum absolute atomic E-state index is 0.343. The summed E-state index contributed by atoms with van der Waals surface area (Å²) in [6.45, 7) is 0.448. The molecule has 0 radical (unpaired) electrons. The Labute approximate surface area is 124 Å². The second kappa shape index (κ2) is 6.45. The van der Waals surface area contributed by atoms with Gasteiger partial charge in [0.2, 0.25) is 0 Å². The number of aliphatic hydroxyl groups is 1. The van der Waals surface area contributed by atoms with Crippen LogP contribution in [-0.4, -0.2) is 34.6 Å². The van der Waals surface area contributed by atoms with Crippen molar-refractivity contribution < 1.29 is 14.6 Å². The van der Waals surface area contributed by atoms with Crippen molar-refractivity contribution in [2.24, 2.45) is 7.05 Å². The van der Waals surface area contributed by atoms with E-state index in [0.717, 1.165) is 5.69 Å². The van der Waals surface area contributed by atoms with Gasteiger partial charge in [0.15, 0.2) is 6.10 Å². The fraction of sp³-hybridized carbons (Fsp3) is 0.312. The maximum absolute atomic E-state index is 12.3. The number of nitrogens with zero attached hydrogens (tertiary/aromatic N) is 2. The quantitative estimate of drug-likeness (QED) is 0.911. The third-order valence-electron chi connectivity index (χ3n) is 3.47. The average molecular weight is 288 g/mol. The van der Waals surface area contributed by atoms with Crippen LogP contribution in [0, 0.1) is 0 Å². The molecule has 0 saturated carbocycles. The number of likely N-dealkylation sites (N-methyl/N-ethyl adjacent to an activating group) is 1. The van der Waals surface area contributed by atoms with Crippen LogP contribution in [0.3, 0.4) is 0 Å². The molecule has 1 atom stereocenters. The highest BCUT2D eigenvalue weighted by Crippen LogP contribution is 2.21. The van der Waals surface area contributed by atoms with Gasteiger partial charge in [0.25, 0.3) is 5.91 Å². The van der Waals surface area contributed by atoms with E-state index in [9.17, 15) is 9.90 Å². The van der Waals surface area contributed by atoms with Gasteiger partial charge in [-0.2, -0.15) is 0 Å². The topological polar surface area (TPSA) is 54.7 Å². The molecule has 1 amide bonds. The van der Waals surface area contributed by atoms with Gasteiger partial charge in [0.05, 0.1) is 13.7 Å². The van der Waals surface area contributed by atoms with Crippen LogP contribution in [0.1, 0.15) is 17.4 Å². The molecule has 1 aromatic heterocycles. The second-order valence-corrected chi connectivity index (χ2v) is 4.98. The van der Waals surface area contributed by atoms with E-state index in [1.54, 1.807) is 38.4 Å². The molecule has 0 aliphatic rings. The molecule has 0 saturated heterocycles. The van der Waals surface area contributed by atoms with E-state index in [2.05, 4.69) is 0 Å². The number of methoxy groups -OCH3 is 1.